The number of benzene rings is 2. The molecule has 0 amide bonds. The van der Waals surface area contributed by atoms with Crippen molar-refractivity contribution in [1.29, 1.82) is 0 Å². The van der Waals surface area contributed by atoms with Crippen LogP contribution in [0.1, 0.15) is 13.8 Å². The van der Waals surface area contributed by atoms with Crippen LogP contribution in [0.5, 0.6) is 0 Å². The van der Waals surface area contributed by atoms with Crippen LogP contribution in [0.2, 0.25) is 0 Å². The third-order valence-electron chi connectivity index (χ3n) is 4.03. The first-order valence-electron chi connectivity index (χ1n) is 9.03. The van der Waals surface area contributed by atoms with E-state index in [9.17, 15) is 5.11 Å². The van der Waals surface area contributed by atoms with Gasteiger partial charge in [-0.05, 0) is 50.2 Å². The van der Waals surface area contributed by atoms with Crippen molar-refractivity contribution in [2.24, 2.45) is 0 Å². The lowest BCUT2D eigenvalue weighted by molar-refractivity contribution is 0.201. The highest BCUT2D eigenvalue weighted by atomic mass is 32.2. The molecule has 0 fully saturated rings. The van der Waals surface area contributed by atoms with Gasteiger partial charge in [-0.2, -0.15) is 11.8 Å². The van der Waals surface area contributed by atoms with Crippen LogP contribution in [0.25, 0.3) is 0 Å². The molecule has 2 rings (SSSR count). The van der Waals surface area contributed by atoms with Gasteiger partial charge in [-0.25, -0.2) is 0 Å². The summed E-state index contributed by atoms with van der Waals surface area (Å²) in [6, 6.07) is 18.8. The molecular weight excluding hydrogens is 344 g/mol. The number of nitrogens with one attached hydrogen (secondary N) is 1. The minimum absolute atomic E-state index is 0.321. The first kappa shape index (κ1) is 20.6. The van der Waals surface area contributed by atoms with E-state index < -0.39 is 0 Å². The van der Waals surface area contributed by atoms with Crippen molar-refractivity contribution in [2.75, 3.05) is 42.0 Å². The zero-order valence-electron chi connectivity index (χ0n) is 15.9. The number of anilines is 3. The molecule has 0 aromatic heterocycles. The zero-order chi connectivity index (χ0) is 18.8. The van der Waals surface area contributed by atoms with E-state index in [0.717, 1.165) is 35.2 Å². The largest absolute Gasteiger partial charge is 0.390 e. The van der Waals surface area contributed by atoms with Gasteiger partial charge in [-0.1, -0.05) is 18.2 Å². The van der Waals surface area contributed by atoms with Crippen molar-refractivity contribution in [3.8, 4) is 0 Å². The Labute approximate surface area is 161 Å². The molecule has 1 unspecified atom stereocenters. The second-order valence-corrected chi connectivity index (χ2v) is 7.66. The lowest BCUT2D eigenvalue weighted by atomic mass is 10.2. The van der Waals surface area contributed by atoms with Crippen molar-refractivity contribution in [2.45, 2.75) is 26.0 Å². The van der Waals surface area contributed by atoms with Gasteiger partial charge in [0.15, 0.2) is 0 Å². The highest BCUT2D eigenvalue weighted by Gasteiger charge is 2.15. The van der Waals surface area contributed by atoms with E-state index in [1.54, 1.807) is 18.9 Å². The minimum Gasteiger partial charge on any atom is -0.390 e. The third-order valence-corrected chi connectivity index (χ3v) is 5.11. The van der Waals surface area contributed by atoms with E-state index in [0.29, 0.717) is 12.6 Å². The van der Waals surface area contributed by atoms with Crippen LogP contribution in [0.15, 0.2) is 54.6 Å². The number of aliphatic hydroxyl groups excluding tert-OH is 1. The Hall–Kier alpha value is -1.69. The highest BCUT2D eigenvalue weighted by Crippen LogP contribution is 2.23. The van der Waals surface area contributed by atoms with Gasteiger partial charge in [0.05, 0.1) is 12.7 Å². The van der Waals surface area contributed by atoms with Crippen LogP contribution in [-0.4, -0.2) is 49.0 Å². The molecule has 2 N–H and O–H groups in total. The Bertz CT molecular complexity index is 620. The fraction of sp³-hybridized carbons (Fsp3) is 0.429. The van der Waals surface area contributed by atoms with E-state index in [4.69, 9.17) is 4.74 Å². The van der Waals surface area contributed by atoms with Crippen LogP contribution < -0.4 is 10.2 Å². The smallest absolute Gasteiger partial charge is 0.0805 e. The maximum atomic E-state index is 10.4. The lowest BCUT2D eigenvalue weighted by Gasteiger charge is -2.31. The number of methoxy groups -OCH3 is 1. The molecule has 0 aliphatic heterocycles. The summed E-state index contributed by atoms with van der Waals surface area (Å²) in [7, 11) is 1.70. The maximum Gasteiger partial charge on any atom is 0.0805 e. The molecule has 0 radical (unpaired) electrons. The number of para-hydroxylation sites is 1. The summed E-state index contributed by atoms with van der Waals surface area (Å²) in [4.78, 5) is 2.24. The van der Waals surface area contributed by atoms with Gasteiger partial charge in [0, 0.05) is 48.3 Å². The van der Waals surface area contributed by atoms with Crippen LogP contribution in [0, 0.1) is 0 Å². The van der Waals surface area contributed by atoms with Gasteiger partial charge in [0.25, 0.3) is 0 Å². The number of rotatable bonds is 11. The number of ether oxygens (including phenoxy) is 1. The van der Waals surface area contributed by atoms with E-state index in [-0.39, 0.29) is 6.10 Å². The van der Waals surface area contributed by atoms with Crippen molar-refractivity contribution in [1.82, 2.24) is 0 Å². The summed E-state index contributed by atoms with van der Waals surface area (Å²) >= 11 is 1.73. The second-order valence-electron chi connectivity index (χ2n) is 6.51. The molecule has 0 aliphatic carbocycles. The van der Waals surface area contributed by atoms with Gasteiger partial charge in [-0.15, -0.1) is 0 Å². The van der Waals surface area contributed by atoms with E-state index in [2.05, 4.69) is 48.3 Å². The third kappa shape index (κ3) is 6.90. The summed E-state index contributed by atoms with van der Waals surface area (Å²) in [5.41, 5.74) is 3.25. The van der Waals surface area contributed by atoms with Gasteiger partial charge in [0.2, 0.25) is 0 Å². The summed E-state index contributed by atoms with van der Waals surface area (Å²) in [6.45, 7) is 5.66. The van der Waals surface area contributed by atoms with Gasteiger partial charge < -0.3 is 20.1 Å². The predicted molar refractivity (Wildman–Crippen MR) is 114 cm³/mol. The van der Waals surface area contributed by atoms with Crippen LogP contribution >= 0.6 is 11.8 Å². The molecule has 0 saturated heterocycles. The topological polar surface area (TPSA) is 44.7 Å². The normalized spacial score (nSPS) is 12.2. The summed E-state index contributed by atoms with van der Waals surface area (Å²) in [6.07, 6.45) is -0.360. The Morgan fingerprint density at radius 1 is 1.04 bits per heavy atom. The maximum absolute atomic E-state index is 10.4. The van der Waals surface area contributed by atoms with Gasteiger partial charge >= 0.3 is 0 Å². The average molecular weight is 375 g/mol. The molecule has 5 heteroatoms. The highest BCUT2D eigenvalue weighted by molar-refractivity contribution is 7.99. The summed E-state index contributed by atoms with van der Waals surface area (Å²) in [5.74, 6) is 1.63. The Balaban J connectivity index is 1.94. The van der Waals surface area contributed by atoms with Crippen molar-refractivity contribution in [3.63, 3.8) is 0 Å². The second kappa shape index (κ2) is 11.1. The standard InChI is InChI=1S/C21H30N2O2S/c1-17(2)23(15-21(24)16-26-14-13-25-3)20-11-9-19(10-12-20)22-18-7-5-4-6-8-18/h4-12,17,21-22,24H,13-16H2,1-3H3. The monoisotopic (exact) mass is 374 g/mol. The van der Waals surface area contributed by atoms with Crippen LogP contribution in [-0.2, 0) is 4.74 Å². The lowest BCUT2D eigenvalue weighted by Crippen LogP contribution is -2.38. The first-order chi connectivity index (χ1) is 12.6. The molecule has 2 aromatic rings. The molecule has 0 bridgehead atoms. The number of hydrogen-bond acceptors (Lipinski definition) is 5. The van der Waals surface area contributed by atoms with E-state index in [1.807, 2.05) is 30.3 Å². The first-order valence-corrected chi connectivity index (χ1v) is 10.2. The van der Waals surface area contributed by atoms with E-state index in [1.165, 1.54) is 0 Å². The quantitative estimate of drug-likeness (QED) is 0.571. The molecular formula is C21H30N2O2S. The Morgan fingerprint density at radius 3 is 2.31 bits per heavy atom. The van der Waals surface area contributed by atoms with Gasteiger partial charge in [0.1, 0.15) is 0 Å². The SMILES string of the molecule is COCCSCC(O)CN(c1ccc(Nc2ccccc2)cc1)C(C)C. The van der Waals surface area contributed by atoms with Crippen molar-refractivity contribution >= 4 is 28.8 Å². The molecule has 0 spiro atoms. The molecule has 0 aliphatic rings. The molecule has 0 saturated carbocycles. The van der Waals surface area contributed by atoms with Crippen LogP contribution in [0.4, 0.5) is 17.1 Å². The number of aliphatic hydroxyl groups is 1. The molecule has 2 aromatic carbocycles. The molecule has 1 atom stereocenters. The molecule has 142 valence electrons. The predicted octanol–water partition coefficient (Wildman–Crippen LogP) is 4.39. The Kier molecular flexibility index (Phi) is 8.81. The fourth-order valence-corrected chi connectivity index (χ4v) is 3.51. The minimum atomic E-state index is -0.360. The molecule has 4 nitrogen and oxygen atoms in total. The van der Waals surface area contributed by atoms with Crippen molar-refractivity contribution < 1.29 is 9.84 Å². The van der Waals surface area contributed by atoms with Crippen LogP contribution in [0.3, 0.4) is 0 Å². The zero-order valence-corrected chi connectivity index (χ0v) is 16.7. The number of hydrogen-bond donors (Lipinski definition) is 2. The van der Waals surface area contributed by atoms with Crippen molar-refractivity contribution in [3.05, 3.63) is 54.6 Å². The number of nitrogens with zero attached hydrogens (tertiary/aromatic N) is 1. The fourth-order valence-electron chi connectivity index (χ4n) is 2.68. The molecule has 0 heterocycles. The molecule has 26 heavy (non-hydrogen) atoms. The average Bonchev–Trinajstić information content (AvgIpc) is 2.65. The van der Waals surface area contributed by atoms with E-state index >= 15 is 0 Å². The summed E-state index contributed by atoms with van der Waals surface area (Å²) < 4.78 is 5.05. The number of thioether (sulfide) groups is 1. The van der Waals surface area contributed by atoms with Gasteiger partial charge in [-0.3, -0.25) is 0 Å². The Morgan fingerprint density at radius 2 is 1.69 bits per heavy atom. The summed E-state index contributed by atoms with van der Waals surface area (Å²) in [5, 5.41) is 13.8.